The molecule has 1 aromatic carbocycles. The summed E-state index contributed by atoms with van der Waals surface area (Å²) < 4.78 is 15.9. The van der Waals surface area contributed by atoms with Gasteiger partial charge in [-0.1, -0.05) is 30.3 Å². The van der Waals surface area contributed by atoms with E-state index in [2.05, 4.69) is 0 Å². The molecule has 1 fully saturated rings. The molecule has 140 valence electrons. The minimum Gasteiger partial charge on any atom is -0.462 e. The topological polar surface area (TPSA) is 105 Å². The normalized spacial score (nSPS) is 30.1. The van der Waals surface area contributed by atoms with Crippen LogP contribution in [-0.4, -0.2) is 58.6 Å². The van der Waals surface area contributed by atoms with E-state index >= 15 is 0 Å². The molecule has 7 heteroatoms. The summed E-state index contributed by atoms with van der Waals surface area (Å²) in [7, 11) is 0. The first-order valence-electron chi connectivity index (χ1n) is 8.22. The summed E-state index contributed by atoms with van der Waals surface area (Å²) >= 11 is 0. The Kier molecular flexibility index (Phi) is 6.53. The lowest BCUT2D eigenvalue weighted by Gasteiger charge is -2.40. The van der Waals surface area contributed by atoms with Crippen molar-refractivity contribution in [2.24, 2.45) is 5.41 Å². The van der Waals surface area contributed by atoms with Gasteiger partial charge in [0.2, 0.25) is 0 Å². The highest BCUT2D eigenvalue weighted by Crippen LogP contribution is 2.24. The molecule has 0 unspecified atom stereocenters. The Bertz CT molecular complexity index is 554. The number of carbonyl (C=O) groups is 1. The van der Waals surface area contributed by atoms with Crippen molar-refractivity contribution in [1.29, 1.82) is 0 Å². The van der Waals surface area contributed by atoms with Gasteiger partial charge in [0.1, 0.15) is 31.0 Å². The molecule has 0 aromatic heterocycles. The summed E-state index contributed by atoms with van der Waals surface area (Å²) in [6, 6.07) is 9.25. The number of aliphatic hydroxyl groups excluding tert-OH is 3. The third-order valence-electron chi connectivity index (χ3n) is 3.94. The van der Waals surface area contributed by atoms with E-state index in [0.717, 1.165) is 5.56 Å². The molecule has 0 radical (unpaired) electrons. The Labute approximate surface area is 147 Å². The molecular formula is C18H26O7. The minimum absolute atomic E-state index is 0.154. The number of carbonyl (C=O) groups excluding carboxylic acids is 1. The molecule has 2 rings (SSSR count). The van der Waals surface area contributed by atoms with E-state index in [9.17, 15) is 20.1 Å². The van der Waals surface area contributed by atoms with Crippen molar-refractivity contribution in [3.05, 3.63) is 35.9 Å². The van der Waals surface area contributed by atoms with Crippen LogP contribution in [0.15, 0.2) is 30.3 Å². The number of rotatable bonds is 5. The standard InChI is InChI=1S/C18H26O7/c1-18(2,3)17(22)24-10-12-13(19)15(14(20)16(21)25-12)23-9-11-7-5-4-6-8-11/h4-8,12-16,19-21H,9-10H2,1-3H3/t12-,13-,14-,15+,16+/m1/s1. The molecule has 25 heavy (non-hydrogen) atoms. The predicted molar refractivity (Wildman–Crippen MR) is 88.3 cm³/mol. The van der Waals surface area contributed by atoms with E-state index in [0.29, 0.717) is 0 Å². The van der Waals surface area contributed by atoms with E-state index in [1.807, 2.05) is 30.3 Å². The SMILES string of the molecule is CC(C)(C)C(=O)OC[C@H]1O[C@H](O)[C@H](O)[C@@H](OCc2ccccc2)[C@@H]1O. The monoisotopic (exact) mass is 354 g/mol. The first-order valence-corrected chi connectivity index (χ1v) is 8.22. The quantitative estimate of drug-likeness (QED) is 0.665. The zero-order chi connectivity index (χ0) is 18.6. The van der Waals surface area contributed by atoms with Crippen molar-refractivity contribution < 1.29 is 34.3 Å². The molecule has 0 spiro atoms. The Balaban J connectivity index is 1.97. The average molecular weight is 354 g/mol. The van der Waals surface area contributed by atoms with E-state index in [-0.39, 0.29) is 13.2 Å². The highest BCUT2D eigenvalue weighted by atomic mass is 16.7. The van der Waals surface area contributed by atoms with Crippen LogP contribution < -0.4 is 0 Å². The summed E-state index contributed by atoms with van der Waals surface area (Å²) in [5.74, 6) is -0.453. The van der Waals surface area contributed by atoms with Gasteiger partial charge in [-0.25, -0.2) is 0 Å². The number of esters is 1. The fraction of sp³-hybridized carbons (Fsp3) is 0.611. The van der Waals surface area contributed by atoms with Crippen molar-refractivity contribution in [3.63, 3.8) is 0 Å². The second kappa shape index (κ2) is 8.25. The van der Waals surface area contributed by atoms with Crippen LogP contribution in [0, 0.1) is 5.41 Å². The van der Waals surface area contributed by atoms with E-state index in [1.165, 1.54) is 0 Å². The van der Waals surface area contributed by atoms with Gasteiger partial charge >= 0.3 is 5.97 Å². The molecule has 5 atom stereocenters. The van der Waals surface area contributed by atoms with Crippen molar-refractivity contribution in [2.45, 2.75) is 58.1 Å². The number of hydrogen-bond donors (Lipinski definition) is 3. The van der Waals surface area contributed by atoms with Gasteiger partial charge in [0.25, 0.3) is 0 Å². The van der Waals surface area contributed by atoms with Crippen molar-refractivity contribution in [1.82, 2.24) is 0 Å². The predicted octanol–water partition coefficient (Wildman–Crippen LogP) is 0.600. The Morgan fingerprint density at radius 3 is 2.36 bits per heavy atom. The molecule has 0 aliphatic carbocycles. The molecule has 0 amide bonds. The van der Waals surface area contributed by atoms with Gasteiger partial charge in [-0.15, -0.1) is 0 Å². The largest absolute Gasteiger partial charge is 0.462 e. The van der Waals surface area contributed by atoms with E-state index < -0.39 is 42.1 Å². The summed E-state index contributed by atoms with van der Waals surface area (Å²) in [4.78, 5) is 11.8. The minimum atomic E-state index is -1.54. The van der Waals surface area contributed by atoms with Crippen LogP contribution in [0.2, 0.25) is 0 Å². The fourth-order valence-corrected chi connectivity index (χ4v) is 2.39. The second-order valence-electron chi connectivity index (χ2n) is 7.16. The van der Waals surface area contributed by atoms with Gasteiger partial charge in [-0.2, -0.15) is 0 Å². The summed E-state index contributed by atoms with van der Waals surface area (Å²) in [6.07, 6.45) is -6.27. The smallest absolute Gasteiger partial charge is 0.311 e. The average Bonchev–Trinajstić information content (AvgIpc) is 2.56. The highest BCUT2D eigenvalue weighted by Gasteiger charge is 2.45. The lowest BCUT2D eigenvalue weighted by atomic mass is 9.97. The fourth-order valence-electron chi connectivity index (χ4n) is 2.39. The van der Waals surface area contributed by atoms with Crippen LogP contribution in [-0.2, 0) is 25.6 Å². The molecule has 7 nitrogen and oxygen atoms in total. The molecule has 1 aromatic rings. The third-order valence-corrected chi connectivity index (χ3v) is 3.94. The second-order valence-corrected chi connectivity index (χ2v) is 7.16. The lowest BCUT2D eigenvalue weighted by molar-refractivity contribution is -0.297. The third kappa shape index (κ3) is 5.23. The van der Waals surface area contributed by atoms with Gasteiger partial charge in [0.15, 0.2) is 6.29 Å². The number of benzene rings is 1. The molecule has 1 heterocycles. The zero-order valence-corrected chi connectivity index (χ0v) is 14.7. The molecule has 1 aliphatic rings. The Morgan fingerprint density at radius 1 is 1.12 bits per heavy atom. The van der Waals surface area contributed by atoms with Gasteiger partial charge in [-0.3, -0.25) is 4.79 Å². The zero-order valence-electron chi connectivity index (χ0n) is 14.7. The Hall–Kier alpha value is -1.51. The molecular weight excluding hydrogens is 328 g/mol. The first-order chi connectivity index (χ1) is 11.7. The summed E-state index contributed by atoms with van der Waals surface area (Å²) in [6.45, 7) is 5.03. The van der Waals surface area contributed by atoms with Crippen LogP contribution in [0.5, 0.6) is 0 Å². The van der Waals surface area contributed by atoms with E-state index in [4.69, 9.17) is 14.2 Å². The number of hydrogen-bond acceptors (Lipinski definition) is 7. The number of aliphatic hydroxyl groups is 3. The first kappa shape index (κ1) is 19.8. The van der Waals surface area contributed by atoms with Crippen LogP contribution in [0.1, 0.15) is 26.3 Å². The van der Waals surface area contributed by atoms with Crippen molar-refractivity contribution >= 4 is 5.97 Å². The van der Waals surface area contributed by atoms with Gasteiger partial charge < -0.3 is 29.5 Å². The molecule has 1 aliphatic heterocycles. The van der Waals surface area contributed by atoms with Crippen LogP contribution >= 0.6 is 0 Å². The van der Waals surface area contributed by atoms with Gasteiger partial charge in [0.05, 0.1) is 12.0 Å². The van der Waals surface area contributed by atoms with Crippen molar-refractivity contribution in [2.75, 3.05) is 6.61 Å². The van der Waals surface area contributed by atoms with Crippen LogP contribution in [0.3, 0.4) is 0 Å². The van der Waals surface area contributed by atoms with Gasteiger partial charge in [-0.05, 0) is 26.3 Å². The van der Waals surface area contributed by atoms with Gasteiger partial charge in [0, 0.05) is 0 Å². The molecule has 0 bridgehead atoms. The maximum Gasteiger partial charge on any atom is 0.311 e. The van der Waals surface area contributed by atoms with Crippen LogP contribution in [0.4, 0.5) is 0 Å². The highest BCUT2D eigenvalue weighted by molar-refractivity contribution is 5.75. The van der Waals surface area contributed by atoms with E-state index in [1.54, 1.807) is 20.8 Å². The number of ether oxygens (including phenoxy) is 3. The van der Waals surface area contributed by atoms with Crippen LogP contribution in [0.25, 0.3) is 0 Å². The van der Waals surface area contributed by atoms with Crippen molar-refractivity contribution in [3.8, 4) is 0 Å². The molecule has 0 saturated carbocycles. The molecule has 1 saturated heterocycles. The maximum absolute atomic E-state index is 11.8. The summed E-state index contributed by atoms with van der Waals surface area (Å²) in [5, 5.41) is 30.3. The Morgan fingerprint density at radius 2 is 1.76 bits per heavy atom. The maximum atomic E-state index is 11.8. The lowest BCUT2D eigenvalue weighted by Crippen LogP contribution is -2.59. The summed E-state index contributed by atoms with van der Waals surface area (Å²) in [5.41, 5.74) is 0.166. The molecule has 3 N–H and O–H groups in total.